The molecule has 0 aromatic heterocycles. The van der Waals surface area contributed by atoms with Crippen molar-refractivity contribution in [2.75, 3.05) is 6.67 Å². The lowest BCUT2D eigenvalue weighted by atomic mass is 10.0. The molecule has 0 amide bonds. The third-order valence-electron chi connectivity index (χ3n) is 2.33. The van der Waals surface area contributed by atoms with Gasteiger partial charge >= 0.3 is 0 Å². The van der Waals surface area contributed by atoms with Gasteiger partial charge in [-0.25, -0.2) is 4.99 Å². The van der Waals surface area contributed by atoms with Crippen LogP contribution in [-0.2, 0) is 0 Å². The third-order valence-corrected chi connectivity index (χ3v) is 2.66. The van der Waals surface area contributed by atoms with Crippen LogP contribution in [0.5, 0.6) is 0 Å². The predicted octanol–water partition coefficient (Wildman–Crippen LogP) is 3.63. The van der Waals surface area contributed by atoms with Crippen LogP contribution in [0.3, 0.4) is 0 Å². The maximum atomic E-state index is 6.18. The highest BCUT2D eigenvalue weighted by Crippen LogP contribution is 2.25. The Morgan fingerprint density at radius 1 is 1.33 bits per heavy atom. The van der Waals surface area contributed by atoms with Crippen LogP contribution < -0.4 is 0 Å². The Morgan fingerprint density at radius 3 is 2.67 bits per heavy atom. The number of amidine groups is 1. The van der Waals surface area contributed by atoms with Crippen LogP contribution in [0.2, 0.25) is 5.02 Å². The summed E-state index contributed by atoms with van der Waals surface area (Å²) < 4.78 is 0. The molecule has 1 heterocycles. The summed E-state index contributed by atoms with van der Waals surface area (Å²) >= 11 is 6.18. The molecule has 0 N–H and O–H groups in total. The Hall–Kier alpha value is -1.22. The Morgan fingerprint density at radius 2 is 2.13 bits per heavy atom. The number of hydrogen-bond acceptors (Lipinski definition) is 3. The van der Waals surface area contributed by atoms with E-state index in [2.05, 4.69) is 29.1 Å². The number of hydrogen-bond donors (Lipinski definition) is 0. The lowest BCUT2D eigenvalue weighted by Crippen LogP contribution is -1.96. The molecule has 0 unspecified atom stereocenters. The quantitative estimate of drug-likeness (QED) is 0.732. The second kappa shape index (κ2) is 4.11. The molecule has 3 nitrogen and oxygen atoms in total. The summed E-state index contributed by atoms with van der Waals surface area (Å²) in [5, 5.41) is 8.52. The van der Waals surface area contributed by atoms with E-state index >= 15 is 0 Å². The van der Waals surface area contributed by atoms with E-state index in [0.29, 0.717) is 18.4 Å². The topological polar surface area (TPSA) is 37.1 Å². The number of azo groups is 1. The molecule has 1 aromatic carbocycles. The minimum absolute atomic E-state index is 0.429. The van der Waals surface area contributed by atoms with Gasteiger partial charge in [0.25, 0.3) is 0 Å². The van der Waals surface area contributed by atoms with Gasteiger partial charge in [0, 0.05) is 10.6 Å². The van der Waals surface area contributed by atoms with Gasteiger partial charge in [-0.3, -0.25) is 0 Å². The molecule has 0 saturated heterocycles. The fourth-order valence-corrected chi connectivity index (χ4v) is 1.91. The standard InChI is InChI=1S/C11H12ClN3/c1-7(2)9-4-3-8(5-10(9)12)11-13-6-14-15-11/h3-5,7H,6H2,1-2H3. The van der Waals surface area contributed by atoms with Crippen molar-refractivity contribution >= 4 is 17.4 Å². The van der Waals surface area contributed by atoms with Crippen molar-refractivity contribution in [3.8, 4) is 0 Å². The Balaban J connectivity index is 2.37. The van der Waals surface area contributed by atoms with Gasteiger partial charge in [0.15, 0.2) is 12.5 Å². The Bertz CT molecular complexity index is 435. The predicted molar refractivity (Wildman–Crippen MR) is 61.8 cm³/mol. The van der Waals surface area contributed by atoms with Crippen molar-refractivity contribution in [1.82, 2.24) is 0 Å². The molecule has 0 fully saturated rings. The molecule has 0 saturated carbocycles. The summed E-state index contributed by atoms with van der Waals surface area (Å²) in [7, 11) is 0. The number of nitrogens with zero attached hydrogens (tertiary/aromatic N) is 3. The van der Waals surface area contributed by atoms with Crippen LogP contribution in [0.1, 0.15) is 30.9 Å². The zero-order valence-corrected chi connectivity index (χ0v) is 9.49. The van der Waals surface area contributed by atoms with Crippen LogP contribution in [0.15, 0.2) is 33.4 Å². The van der Waals surface area contributed by atoms with Gasteiger partial charge in [0.2, 0.25) is 0 Å². The highest BCUT2D eigenvalue weighted by atomic mass is 35.5. The van der Waals surface area contributed by atoms with Crippen molar-refractivity contribution in [2.24, 2.45) is 15.2 Å². The minimum Gasteiger partial charge on any atom is -0.239 e. The van der Waals surface area contributed by atoms with Crippen molar-refractivity contribution in [2.45, 2.75) is 19.8 Å². The Labute approximate surface area is 93.9 Å². The fourth-order valence-electron chi connectivity index (χ4n) is 1.51. The summed E-state index contributed by atoms with van der Waals surface area (Å²) in [5.74, 6) is 1.10. The van der Waals surface area contributed by atoms with E-state index < -0.39 is 0 Å². The van der Waals surface area contributed by atoms with Gasteiger partial charge in [-0.15, -0.1) is 5.11 Å². The van der Waals surface area contributed by atoms with Gasteiger partial charge in [-0.1, -0.05) is 37.6 Å². The van der Waals surface area contributed by atoms with E-state index in [4.69, 9.17) is 11.6 Å². The zero-order valence-electron chi connectivity index (χ0n) is 8.74. The monoisotopic (exact) mass is 221 g/mol. The summed E-state index contributed by atoms with van der Waals surface area (Å²) in [5.41, 5.74) is 2.08. The summed E-state index contributed by atoms with van der Waals surface area (Å²) in [6.45, 7) is 4.67. The molecule has 0 aliphatic carbocycles. The van der Waals surface area contributed by atoms with Crippen LogP contribution in [0, 0.1) is 0 Å². The smallest absolute Gasteiger partial charge is 0.178 e. The number of aliphatic imine (C=N–C) groups is 1. The maximum Gasteiger partial charge on any atom is 0.178 e. The van der Waals surface area contributed by atoms with Gasteiger partial charge in [-0.05, 0) is 17.5 Å². The molecule has 1 aliphatic rings. The van der Waals surface area contributed by atoms with Crippen molar-refractivity contribution in [3.05, 3.63) is 34.3 Å². The largest absolute Gasteiger partial charge is 0.239 e. The summed E-state index contributed by atoms with van der Waals surface area (Å²) in [6, 6.07) is 5.92. The molecule has 1 aliphatic heterocycles. The van der Waals surface area contributed by atoms with E-state index in [0.717, 1.165) is 16.1 Å². The SMILES string of the molecule is CC(C)c1ccc(C2=NCN=N2)cc1Cl. The average molecular weight is 222 g/mol. The normalized spacial score (nSPS) is 14.8. The highest BCUT2D eigenvalue weighted by molar-refractivity contribution is 6.31. The first-order chi connectivity index (χ1) is 7.18. The molecule has 0 atom stereocenters. The lowest BCUT2D eigenvalue weighted by molar-refractivity contribution is 0.867. The molecule has 1 aromatic rings. The molecule has 15 heavy (non-hydrogen) atoms. The molecule has 2 rings (SSSR count). The van der Waals surface area contributed by atoms with E-state index in [1.165, 1.54) is 0 Å². The van der Waals surface area contributed by atoms with Gasteiger partial charge in [0.1, 0.15) is 0 Å². The third kappa shape index (κ3) is 2.07. The van der Waals surface area contributed by atoms with E-state index in [-0.39, 0.29) is 0 Å². The highest BCUT2D eigenvalue weighted by Gasteiger charge is 2.10. The lowest BCUT2D eigenvalue weighted by Gasteiger charge is -2.08. The van der Waals surface area contributed by atoms with Crippen molar-refractivity contribution in [3.63, 3.8) is 0 Å². The molecule has 0 spiro atoms. The van der Waals surface area contributed by atoms with Crippen LogP contribution in [0.25, 0.3) is 0 Å². The summed E-state index contributed by atoms with van der Waals surface area (Å²) in [4.78, 5) is 4.15. The van der Waals surface area contributed by atoms with Gasteiger partial charge in [0.05, 0.1) is 0 Å². The van der Waals surface area contributed by atoms with E-state index in [1.807, 2.05) is 18.2 Å². The van der Waals surface area contributed by atoms with Crippen LogP contribution >= 0.6 is 11.6 Å². The molecular formula is C11H12ClN3. The summed E-state index contributed by atoms with van der Waals surface area (Å²) in [6.07, 6.45) is 0. The van der Waals surface area contributed by atoms with Gasteiger partial charge in [-0.2, -0.15) is 5.11 Å². The first kappa shape index (κ1) is 10.3. The average Bonchev–Trinajstić information content (AvgIpc) is 2.69. The number of rotatable bonds is 2. The Kier molecular flexibility index (Phi) is 2.82. The van der Waals surface area contributed by atoms with Crippen LogP contribution in [-0.4, -0.2) is 12.5 Å². The van der Waals surface area contributed by atoms with Gasteiger partial charge < -0.3 is 0 Å². The number of halogens is 1. The molecular weight excluding hydrogens is 210 g/mol. The van der Waals surface area contributed by atoms with Crippen molar-refractivity contribution < 1.29 is 0 Å². The number of benzene rings is 1. The first-order valence-corrected chi connectivity index (χ1v) is 5.28. The second-order valence-corrected chi connectivity index (χ2v) is 4.16. The minimum atomic E-state index is 0.429. The van der Waals surface area contributed by atoms with Crippen LogP contribution in [0.4, 0.5) is 0 Å². The molecule has 4 heteroatoms. The zero-order chi connectivity index (χ0) is 10.8. The van der Waals surface area contributed by atoms with E-state index in [1.54, 1.807) is 0 Å². The van der Waals surface area contributed by atoms with Crippen molar-refractivity contribution in [1.29, 1.82) is 0 Å². The molecule has 0 radical (unpaired) electrons. The second-order valence-electron chi connectivity index (χ2n) is 3.76. The molecule has 0 bridgehead atoms. The maximum absolute atomic E-state index is 6.18. The fraction of sp³-hybridized carbons (Fsp3) is 0.364. The first-order valence-electron chi connectivity index (χ1n) is 4.90. The van der Waals surface area contributed by atoms with E-state index in [9.17, 15) is 0 Å². The molecule has 78 valence electrons.